The van der Waals surface area contributed by atoms with E-state index in [4.69, 9.17) is 0 Å². The number of nitrogens with one attached hydrogen (secondary N) is 2. The normalized spacial score (nSPS) is 18.8. The van der Waals surface area contributed by atoms with E-state index in [1.165, 1.54) is 32.1 Å². The molecule has 0 unspecified atom stereocenters. The average Bonchev–Trinajstić information content (AvgIpc) is 2.08. The summed E-state index contributed by atoms with van der Waals surface area (Å²) < 4.78 is 0. The van der Waals surface area contributed by atoms with Gasteiger partial charge in [0.1, 0.15) is 0 Å². The summed E-state index contributed by atoms with van der Waals surface area (Å²) in [6, 6.07) is 0.837. The third kappa shape index (κ3) is 6.32. The molecular formula is C9H22N2. The minimum absolute atomic E-state index is 0.837. The van der Waals surface area contributed by atoms with Crippen LogP contribution in [0.1, 0.15) is 32.1 Å². The van der Waals surface area contributed by atoms with Gasteiger partial charge in [0.2, 0.25) is 0 Å². The van der Waals surface area contributed by atoms with E-state index >= 15 is 0 Å². The van der Waals surface area contributed by atoms with Crippen LogP contribution in [0.15, 0.2) is 0 Å². The first-order valence-corrected chi connectivity index (χ1v) is 4.61. The summed E-state index contributed by atoms with van der Waals surface area (Å²) in [6.07, 6.45) is 7.13. The summed E-state index contributed by atoms with van der Waals surface area (Å²) in [5.74, 6) is 0. The van der Waals surface area contributed by atoms with Crippen molar-refractivity contribution in [3.05, 3.63) is 0 Å². The Morgan fingerprint density at radius 3 is 1.64 bits per heavy atom. The maximum absolute atomic E-state index is 3.30. The van der Waals surface area contributed by atoms with Crippen LogP contribution >= 0.6 is 0 Å². The van der Waals surface area contributed by atoms with E-state index in [1.807, 2.05) is 14.1 Å². The molecule has 1 aliphatic carbocycles. The largest absolute Gasteiger partial charge is 0.323 e. The Kier molecular flexibility index (Phi) is 7.96. The number of hydrogen-bond acceptors (Lipinski definition) is 2. The van der Waals surface area contributed by atoms with Gasteiger partial charge < -0.3 is 10.6 Å². The molecule has 1 saturated carbocycles. The van der Waals surface area contributed by atoms with E-state index in [-0.39, 0.29) is 0 Å². The monoisotopic (exact) mass is 158 g/mol. The van der Waals surface area contributed by atoms with Crippen LogP contribution in [0, 0.1) is 0 Å². The zero-order valence-electron chi connectivity index (χ0n) is 8.11. The molecular weight excluding hydrogens is 136 g/mol. The van der Waals surface area contributed by atoms with Crippen LogP contribution in [0.25, 0.3) is 0 Å². The van der Waals surface area contributed by atoms with Gasteiger partial charge in [-0.05, 0) is 34.0 Å². The second kappa shape index (κ2) is 8.02. The topological polar surface area (TPSA) is 24.1 Å². The molecule has 1 aliphatic rings. The van der Waals surface area contributed by atoms with Crippen LogP contribution in [0.5, 0.6) is 0 Å². The van der Waals surface area contributed by atoms with Gasteiger partial charge in [0.15, 0.2) is 0 Å². The fraction of sp³-hybridized carbons (Fsp3) is 1.00. The van der Waals surface area contributed by atoms with E-state index in [0.717, 1.165) is 6.04 Å². The summed E-state index contributed by atoms with van der Waals surface area (Å²) in [6.45, 7) is 0. The highest BCUT2D eigenvalue weighted by Gasteiger charge is 2.09. The minimum Gasteiger partial charge on any atom is -0.323 e. The molecule has 0 aromatic heterocycles. The Morgan fingerprint density at radius 2 is 1.36 bits per heavy atom. The van der Waals surface area contributed by atoms with E-state index in [0.29, 0.717) is 0 Å². The minimum atomic E-state index is 0.837. The zero-order valence-corrected chi connectivity index (χ0v) is 8.11. The number of rotatable bonds is 1. The standard InChI is InChI=1S/C7H15N.C2H7N/c1-8-7-5-3-2-4-6-7;1-3-2/h7-8H,2-6H2,1H3;3H,1-2H3. The van der Waals surface area contributed by atoms with Crippen molar-refractivity contribution in [3.8, 4) is 0 Å². The molecule has 2 heteroatoms. The van der Waals surface area contributed by atoms with Gasteiger partial charge in [-0.25, -0.2) is 0 Å². The maximum atomic E-state index is 3.30. The quantitative estimate of drug-likeness (QED) is 0.602. The first kappa shape index (κ1) is 10.9. The Labute approximate surface area is 70.8 Å². The van der Waals surface area contributed by atoms with Gasteiger partial charge in [-0.3, -0.25) is 0 Å². The van der Waals surface area contributed by atoms with Crippen molar-refractivity contribution in [1.82, 2.24) is 10.6 Å². The molecule has 11 heavy (non-hydrogen) atoms. The third-order valence-corrected chi connectivity index (χ3v) is 2.01. The van der Waals surface area contributed by atoms with Crippen LogP contribution in [0.3, 0.4) is 0 Å². The molecule has 0 bridgehead atoms. The van der Waals surface area contributed by atoms with E-state index < -0.39 is 0 Å². The summed E-state index contributed by atoms with van der Waals surface area (Å²) in [5.41, 5.74) is 0. The highest BCUT2D eigenvalue weighted by molar-refractivity contribution is 4.68. The van der Waals surface area contributed by atoms with Gasteiger partial charge in [-0.15, -0.1) is 0 Å². The van der Waals surface area contributed by atoms with Gasteiger partial charge in [0.25, 0.3) is 0 Å². The Balaban J connectivity index is 0.000000292. The average molecular weight is 158 g/mol. The molecule has 0 heterocycles. The van der Waals surface area contributed by atoms with E-state index in [1.54, 1.807) is 0 Å². The number of hydrogen-bond donors (Lipinski definition) is 2. The lowest BCUT2D eigenvalue weighted by Crippen LogP contribution is -2.26. The smallest absolute Gasteiger partial charge is 0.00640 e. The molecule has 0 spiro atoms. The summed E-state index contributed by atoms with van der Waals surface area (Å²) >= 11 is 0. The lowest BCUT2D eigenvalue weighted by atomic mass is 9.96. The fourth-order valence-electron chi connectivity index (χ4n) is 1.39. The SMILES string of the molecule is CNC.CNC1CCCCC1. The molecule has 1 fully saturated rings. The van der Waals surface area contributed by atoms with Crippen molar-refractivity contribution in [2.75, 3.05) is 21.1 Å². The predicted octanol–water partition coefficient (Wildman–Crippen LogP) is 1.37. The molecule has 0 aromatic carbocycles. The second-order valence-electron chi connectivity index (χ2n) is 3.12. The molecule has 2 N–H and O–H groups in total. The van der Waals surface area contributed by atoms with Crippen LogP contribution < -0.4 is 10.6 Å². The maximum Gasteiger partial charge on any atom is 0.00640 e. The zero-order chi connectivity index (χ0) is 8.53. The molecule has 0 radical (unpaired) electrons. The molecule has 1 rings (SSSR count). The van der Waals surface area contributed by atoms with Crippen molar-refractivity contribution in [2.45, 2.75) is 38.1 Å². The molecule has 68 valence electrons. The first-order valence-electron chi connectivity index (χ1n) is 4.61. The molecule has 0 atom stereocenters. The third-order valence-electron chi connectivity index (χ3n) is 2.01. The van der Waals surface area contributed by atoms with Crippen LogP contribution in [-0.4, -0.2) is 27.2 Å². The highest BCUT2D eigenvalue weighted by Crippen LogP contribution is 2.16. The molecule has 0 saturated heterocycles. The molecule has 0 aliphatic heterocycles. The summed E-state index contributed by atoms with van der Waals surface area (Å²) in [5, 5.41) is 6.05. The molecule has 2 nitrogen and oxygen atoms in total. The van der Waals surface area contributed by atoms with Gasteiger partial charge in [0.05, 0.1) is 0 Å². The van der Waals surface area contributed by atoms with Crippen LogP contribution in [0.4, 0.5) is 0 Å². The Morgan fingerprint density at radius 1 is 0.909 bits per heavy atom. The van der Waals surface area contributed by atoms with Gasteiger partial charge >= 0.3 is 0 Å². The van der Waals surface area contributed by atoms with Gasteiger partial charge in [0, 0.05) is 6.04 Å². The molecule has 0 aromatic rings. The van der Waals surface area contributed by atoms with Gasteiger partial charge in [-0.1, -0.05) is 19.3 Å². The van der Waals surface area contributed by atoms with Gasteiger partial charge in [-0.2, -0.15) is 0 Å². The predicted molar refractivity (Wildman–Crippen MR) is 50.9 cm³/mol. The van der Waals surface area contributed by atoms with Crippen molar-refractivity contribution in [1.29, 1.82) is 0 Å². The van der Waals surface area contributed by atoms with E-state index in [2.05, 4.69) is 17.7 Å². The first-order chi connectivity index (χ1) is 5.35. The van der Waals surface area contributed by atoms with Crippen LogP contribution in [0.2, 0.25) is 0 Å². The van der Waals surface area contributed by atoms with Crippen molar-refractivity contribution in [3.63, 3.8) is 0 Å². The molecule has 0 amide bonds. The van der Waals surface area contributed by atoms with Crippen molar-refractivity contribution >= 4 is 0 Å². The highest BCUT2D eigenvalue weighted by atomic mass is 14.9. The van der Waals surface area contributed by atoms with Crippen LogP contribution in [-0.2, 0) is 0 Å². The second-order valence-corrected chi connectivity index (χ2v) is 3.12. The van der Waals surface area contributed by atoms with E-state index in [9.17, 15) is 0 Å². The lowest BCUT2D eigenvalue weighted by molar-refractivity contribution is 0.394. The Hall–Kier alpha value is -0.0800. The van der Waals surface area contributed by atoms with Crippen molar-refractivity contribution < 1.29 is 0 Å². The lowest BCUT2D eigenvalue weighted by Gasteiger charge is -2.20. The summed E-state index contributed by atoms with van der Waals surface area (Å²) in [4.78, 5) is 0. The summed E-state index contributed by atoms with van der Waals surface area (Å²) in [7, 11) is 5.82. The fourth-order valence-corrected chi connectivity index (χ4v) is 1.39. The van der Waals surface area contributed by atoms with Crippen molar-refractivity contribution in [2.24, 2.45) is 0 Å². The Bertz CT molecular complexity index is 68.0.